The Hall–Kier alpha value is -4.67. The Bertz CT molecular complexity index is 1670. The number of ether oxygens (including phenoxy) is 1. The lowest BCUT2D eigenvalue weighted by Gasteiger charge is -2.31. The number of aliphatic hydroxyl groups excluding tert-OH is 1. The number of allylic oxidation sites excluding steroid dienone is 1. The molecule has 3 aliphatic rings. The van der Waals surface area contributed by atoms with Crippen LogP contribution in [0.5, 0.6) is 5.75 Å². The topological polar surface area (TPSA) is 130 Å². The maximum absolute atomic E-state index is 14.1. The Morgan fingerprint density at radius 1 is 1.05 bits per heavy atom. The number of aromatic hydroxyl groups is 1. The molecule has 10 heteroatoms. The number of carbonyl (C=O) groups is 2. The first-order valence-corrected chi connectivity index (χ1v) is 14.1. The van der Waals surface area contributed by atoms with Crippen LogP contribution in [0.3, 0.4) is 0 Å². The van der Waals surface area contributed by atoms with E-state index in [0.29, 0.717) is 24.0 Å². The van der Waals surface area contributed by atoms with Crippen molar-refractivity contribution in [2.45, 2.75) is 25.4 Å². The van der Waals surface area contributed by atoms with Crippen LogP contribution in [-0.2, 0) is 14.3 Å². The van der Waals surface area contributed by atoms with Crippen molar-refractivity contribution in [3.8, 4) is 5.75 Å². The third-order valence-electron chi connectivity index (χ3n) is 8.63. The number of hydrogen-bond acceptors (Lipinski definition) is 7. The summed E-state index contributed by atoms with van der Waals surface area (Å²) in [7, 11) is 0. The SMILES string of the molecule is O=C1[C@@H]2[C@@H](CC(CO)=C3[C@@H](CC/C(=C/c4ccc(O)c(F)c4)c4ccccc4)OC[C@@H]32)C(=O)N1c1cccc([N+](=O)[O-])c1. The van der Waals surface area contributed by atoms with Gasteiger partial charge in [-0.3, -0.25) is 19.7 Å². The summed E-state index contributed by atoms with van der Waals surface area (Å²) < 4.78 is 20.3. The minimum Gasteiger partial charge on any atom is -0.505 e. The van der Waals surface area contributed by atoms with E-state index >= 15 is 0 Å². The molecule has 0 saturated carbocycles. The van der Waals surface area contributed by atoms with Crippen LogP contribution in [0.4, 0.5) is 15.8 Å². The number of rotatable bonds is 8. The maximum atomic E-state index is 14.1. The fourth-order valence-corrected chi connectivity index (χ4v) is 6.67. The smallest absolute Gasteiger partial charge is 0.271 e. The molecule has 43 heavy (non-hydrogen) atoms. The molecule has 0 radical (unpaired) electrons. The Morgan fingerprint density at radius 2 is 1.84 bits per heavy atom. The van der Waals surface area contributed by atoms with Gasteiger partial charge in [-0.2, -0.15) is 0 Å². The van der Waals surface area contributed by atoms with Gasteiger partial charge in [-0.25, -0.2) is 9.29 Å². The Labute approximate surface area is 246 Å². The summed E-state index contributed by atoms with van der Waals surface area (Å²) >= 11 is 0. The molecule has 0 bridgehead atoms. The molecule has 220 valence electrons. The molecule has 0 aromatic heterocycles. The first-order valence-electron chi connectivity index (χ1n) is 14.1. The van der Waals surface area contributed by atoms with Gasteiger partial charge in [0.2, 0.25) is 11.8 Å². The van der Waals surface area contributed by atoms with E-state index in [0.717, 1.165) is 21.6 Å². The van der Waals surface area contributed by atoms with E-state index < -0.39 is 52.2 Å². The standard InChI is InChI=1S/C33H29FN2O7/c34-27-14-19(9-11-28(27)38)13-21(20-5-2-1-3-6-20)10-12-29-30-22(17-37)15-25-31(26(30)18-43-29)33(40)35(32(25)39)23-7-4-8-24(16-23)36(41)42/h1-9,11,13-14,16,25-26,29,31,37-38H,10,12,15,17-18H2/b21-13-/t25-,26+,29-,31-/m1/s1. The molecular weight excluding hydrogens is 555 g/mol. The van der Waals surface area contributed by atoms with Gasteiger partial charge in [0, 0.05) is 18.1 Å². The number of phenols is 1. The lowest BCUT2D eigenvalue weighted by Crippen LogP contribution is -2.35. The highest BCUT2D eigenvalue weighted by Gasteiger charge is 2.57. The fourth-order valence-electron chi connectivity index (χ4n) is 6.67. The zero-order valence-corrected chi connectivity index (χ0v) is 23.1. The number of anilines is 1. The van der Waals surface area contributed by atoms with E-state index in [-0.39, 0.29) is 31.0 Å². The van der Waals surface area contributed by atoms with Gasteiger partial charge in [0.25, 0.3) is 5.69 Å². The first kappa shape index (κ1) is 28.4. The van der Waals surface area contributed by atoms with Gasteiger partial charge in [-0.05, 0) is 65.3 Å². The average Bonchev–Trinajstić information content (AvgIpc) is 3.55. The summed E-state index contributed by atoms with van der Waals surface area (Å²) in [5.41, 5.74) is 3.91. The first-order chi connectivity index (χ1) is 20.8. The van der Waals surface area contributed by atoms with Crippen LogP contribution < -0.4 is 4.90 Å². The van der Waals surface area contributed by atoms with Crippen molar-refractivity contribution in [2.24, 2.45) is 17.8 Å². The van der Waals surface area contributed by atoms with Crippen molar-refractivity contribution in [1.29, 1.82) is 0 Å². The highest BCUT2D eigenvalue weighted by Crippen LogP contribution is 2.50. The number of carbonyl (C=O) groups excluding carboxylic acids is 2. The molecule has 2 amide bonds. The van der Waals surface area contributed by atoms with Gasteiger partial charge in [-0.15, -0.1) is 0 Å². The Balaban J connectivity index is 1.27. The molecule has 2 aliphatic heterocycles. The lowest BCUT2D eigenvalue weighted by atomic mass is 9.69. The quantitative estimate of drug-likeness (QED) is 0.121. The Morgan fingerprint density at radius 3 is 2.56 bits per heavy atom. The predicted octanol–water partition coefficient (Wildman–Crippen LogP) is 5.27. The van der Waals surface area contributed by atoms with E-state index in [1.54, 1.807) is 6.07 Å². The highest BCUT2D eigenvalue weighted by atomic mass is 19.1. The number of amides is 2. The molecule has 6 rings (SSSR count). The number of hydrogen-bond donors (Lipinski definition) is 2. The van der Waals surface area contributed by atoms with Gasteiger partial charge in [-0.1, -0.05) is 48.5 Å². The van der Waals surface area contributed by atoms with E-state index in [9.17, 15) is 34.3 Å². The van der Waals surface area contributed by atoms with E-state index in [1.807, 2.05) is 36.4 Å². The number of phenolic OH excluding ortho intramolecular Hbond substituents is 1. The lowest BCUT2D eigenvalue weighted by molar-refractivity contribution is -0.384. The largest absolute Gasteiger partial charge is 0.505 e. The van der Waals surface area contributed by atoms with Gasteiger partial charge >= 0.3 is 0 Å². The zero-order valence-electron chi connectivity index (χ0n) is 23.1. The summed E-state index contributed by atoms with van der Waals surface area (Å²) in [6.45, 7) is -0.0681. The molecule has 1 aliphatic carbocycles. The van der Waals surface area contributed by atoms with Crippen molar-refractivity contribution in [3.05, 3.63) is 111 Å². The summed E-state index contributed by atoms with van der Waals surface area (Å²) in [6, 6.07) is 19.3. The number of benzene rings is 3. The van der Waals surface area contributed by atoms with Crippen molar-refractivity contribution in [1.82, 2.24) is 0 Å². The summed E-state index contributed by atoms with van der Waals surface area (Å²) in [5.74, 6) is -3.76. The molecule has 4 atom stereocenters. The van der Waals surface area contributed by atoms with Crippen LogP contribution in [0.1, 0.15) is 30.4 Å². The van der Waals surface area contributed by atoms with Gasteiger partial charge < -0.3 is 14.9 Å². The summed E-state index contributed by atoms with van der Waals surface area (Å²) in [4.78, 5) is 39.0. The summed E-state index contributed by atoms with van der Waals surface area (Å²) in [6.07, 6.45) is 2.72. The minimum absolute atomic E-state index is 0.157. The second kappa shape index (κ2) is 11.5. The number of nitro groups is 1. The number of nitro benzene ring substituents is 1. The van der Waals surface area contributed by atoms with Crippen LogP contribution in [-0.4, -0.2) is 46.3 Å². The number of imide groups is 1. The molecule has 9 nitrogen and oxygen atoms in total. The van der Waals surface area contributed by atoms with E-state index in [4.69, 9.17) is 4.74 Å². The second-order valence-electron chi connectivity index (χ2n) is 11.1. The predicted molar refractivity (Wildman–Crippen MR) is 156 cm³/mol. The van der Waals surface area contributed by atoms with Gasteiger partial charge in [0.05, 0.1) is 41.8 Å². The van der Waals surface area contributed by atoms with Crippen molar-refractivity contribution >= 4 is 34.8 Å². The molecule has 0 spiro atoms. The third-order valence-corrected chi connectivity index (χ3v) is 8.63. The van der Waals surface area contributed by atoms with Crippen LogP contribution >= 0.6 is 0 Å². The second-order valence-corrected chi connectivity index (χ2v) is 11.1. The highest BCUT2D eigenvalue weighted by molar-refractivity contribution is 6.22. The van der Waals surface area contributed by atoms with Crippen LogP contribution in [0.2, 0.25) is 0 Å². The van der Waals surface area contributed by atoms with Crippen molar-refractivity contribution < 1.29 is 33.9 Å². The summed E-state index contributed by atoms with van der Waals surface area (Å²) in [5, 5.41) is 31.3. The van der Waals surface area contributed by atoms with Crippen LogP contribution in [0, 0.1) is 33.7 Å². The molecule has 3 aromatic rings. The zero-order chi connectivity index (χ0) is 30.2. The third kappa shape index (κ3) is 5.24. The molecule has 2 fully saturated rings. The minimum atomic E-state index is -0.715. The number of halogens is 1. The molecule has 2 saturated heterocycles. The normalized spacial score (nSPS) is 23.5. The van der Waals surface area contributed by atoms with Gasteiger partial charge in [0.1, 0.15) is 0 Å². The monoisotopic (exact) mass is 584 g/mol. The van der Waals surface area contributed by atoms with Gasteiger partial charge in [0.15, 0.2) is 11.6 Å². The maximum Gasteiger partial charge on any atom is 0.271 e. The number of non-ortho nitro benzene ring substituents is 1. The van der Waals surface area contributed by atoms with Crippen molar-refractivity contribution in [3.63, 3.8) is 0 Å². The fraction of sp³-hybridized carbons (Fsp3) is 0.273. The molecule has 0 unspecified atom stereocenters. The molecule has 2 heterocycles. The number of nitrogens with zero attached hydrogens (tertiary/aromatic N) is 2. The molecule has 3 aromatic carbocycles. The van der Waals surface area contributed by atoms with E-state index in [1.165, 1.54) is 36.4 Å². The number of aliphatic hydroxyl groups is 1. The molecule has 2 N–H and O–H groups in total. The Kier molecular flexibility index (Phi) is 7.64. The van der Waals surface area contributed by atoms with Crippen LogP contribution in [0.15, 0.2) is 83.9 Å². The van der Waals surface area contributed by atoms with E-state index in [2.05, 4.69) is 0 Å². The van der Waals surface area contributed by atoms with Crippen LogP contribution in [0.25, 0.3) is 11.6 Å². The number of fused-ring (bicyclic) bond motifs is 3. The van der Waals surface area contributed by atoms with Crippen molar-refractivity contribution in [2.75, 3.05) is 18.1 Å². The average molecular weight is 585 g/mol. The molecular formula is C33H29FN2O7.